The Labute approximate surface area is 199 Å². The van der Waals surface area contributed by atoms with Crippen LogP contribution < -0.4 is 15.5 Å². The van der Waals surface area contributed by atoms with E-state index in [-0.39, 0.29) is 0 Å². The average molecular weight is 456 g/mol. The van der Waals surface area contributed by atoms with Gasteiger partial charge in [0.15, 0.2) is 0 Å². The zero-order chi connectivity index (χ0) is 23.3. The lowest BCUT2D eigenvalue weighted by atomic mass is 10.0. The summed E-state index contributed by atoms with van der Waals surface area (Å²) in [6.07, 6.45) is 12.8. The highest BCUT2D eigenvalue weighted by Crippen LogP contribution is 2.34. The van der Waals surface area contributed by atoms with E-state index in [1.165, 1.54) is 5.57 Å². The highest BCUT2D eigenvalue weighted by Gasteiger charge is 2.20. The van der Waals surface area contributed by atoms with Crippen LogP contribution in [0.3, 0.4) is 0 Å². The van der Waals surface area contributed by atoms with E-state index in [0.29, 0.717) is 11.8 Å². The molecule has 0 atom stereocenters. The molecule has 1 fully saturated rings. The van der Waals surface area contributed by atoms with Crippen LogP contribution in [0.4, 0.5) is 17.5 Å². The van der Waals surface area contributed by atoms with Crippen molar-refractivity contribution < 1.29 is 0 Å². The third-order valence-corrected chi connectivity index (χ3v) is 6.14. The molecule has 0 unspecified atom stereocenters. The van der Waals surface area contributed by atoms with Gasteiger partial charge in [-0.1, -0.05) is 6.08 Å². The fraction of sp³-hybridized carbons (Fsp3) is 0.320. The molecule has 0 saturated carbocycles. The Kier molecular flexibility index (Phi) is 6.44. The van der Waals surface area contributed by atoms with Gasteiger partial charge in [0.1, 0.15) is 5.82 Å². The molecule has 0 amide bonds. The van der Waals surface area contributed by atoms with Gasteiger partial charge in [-0.3, -0.25) is 9.98 Å². The monoisotopic (exact) mass is 455 g/mol. The van der Waals surface area contributed by atoms with Crippen LogP contribution in [-0.4, -0.2) is 65.7 Å². The highest BCUT2D eigenvalue weighted by molar-refractivity contribution is 6.12. The number of piperazine rings is 1. The second-order valence-corrected chi connectivity index (χ2v) is 8.36. The Morgan fingerprint density at radius 1 is 1.21 bits per heavy atom. The summed E-state index contributed by atoms with van der Waals surface area (Å²) in [5, 5.41) is 11.5. The van der Waals surface area contributed by atoms with Crippen LogP contribution in [0.5, 0.6) is 0 Å². The van der Waals surface area contributed by atoms with E-state index in [0.717, 1.165) is 73.5 Å². The van der Waals surface area contributed by atoms with Crippen LogP contribution in [0.15, 0.2) is 52.9 Å². The Balaban J connectivity index is 1.48. The number of nitrogens with one attached hydrogen (secondary N) is 2. The molecule has 2 aliphatic rings. The standard InChI is InChI=1S/C25H29N9/c1-26-14-19(15-27-2)22-13-21-17-30-25(32-34(21)24(22)18-5-3-4-6-18)31-23-8-7-20(16-29-23)33-11-9-28-10-12-33/h5,7-8,13-17,28H,1,3-4,6,9-12H2,2H3,(H,29,31,32)/b19-14+,27-15?. The molecule has 1 aliphatic carbocycles. The van der Waals surface area contributed by atoms with Crippen LogP contribution in [-0.2, 0) is 0 Å². The lowest BCUT2D eigenvalue weighted by Crippen LogP contribution is -2.43. The minimum absolute atomic E-state index is 0.494. The molecule has 0 aromatic carbocycles. The summed E-state index contributed by atoms with van der Waals surface area (Å²) in [5.41, 5.74) is 6.28. The summed E-state index contributed by atoms with van der Waals surface area (Å²) in [6.45, 7) is 7.60. The molecular formula is C25H29N9. The SMILES string of the molecule is C=N/C=C(\C=NC)c1cc2cnc(Nc3ccc(N4CCNCC4)cn3)nn2c1C1=CCCC1. The average Bonchev–Trinajstić information content (AvgIpc) is 3.52. The molecule has 174 valence electrons. The summed E-state index contributed by atoms with van der Waals surface area (Å²) in [4.78, 5) is 19.7. The number of aliphatic imine (C=N–C) groups is 2. The van der Waals surface area contributed by atoms with E-state index in [4.69, 9.17) is 5.10 Å². The number of aromatic nitrogens is 4. The predicted molar refractivity (Wildman–Crippen MR) is 139 cm³/mol. The van der Waals surface area contributed by atoms with Gasteiger partial charge in [-0.05, 0) is 49.8 Å². The Morgan fingerprint density at radius 3 is 2.79 bits per heavy atom. The lowest BCUT2D eigenvalue weighted by Gasteiger charge is -2.29. The first-order valence-electron chi connectivity index (χ1n) is 11.6. The Morgan fingerprint density at radius 2 is 2.09 bits per heavy atom. The highest BCUT2D eigenvalue weighted by atomic mass is 15.3. The molecule has 0 radical (unpaired) electrons. The first-order chi connectivity index (χ1) is 16.8. The van der Waals surface area contributed by atoms with Crippen molar-refractivity contribution in [3.8, 4) is 0 Å². The molecule has 9 heteroatoms. The summed E-state index contributed by atoms with van der Waals surface area (Å²) in [7, 11) is 1.75. The van der Waals surface area contributed by atoms with Crippen molar-refractivity contribution in [2.75, 3.05) is 43.4 Å². The largest absolute Gasteiger partial charge is 0.368 e. The van der Waals surface area contributed by atoms with Crippen molar-refractivity contribution >= 4 is 47.0 Å². The zero-order valence-corrected chi connectivity index (χ0v) is 19.4. The van der Waals surface area contributed by atoms with Crippen molar-refractivity contribution in [3.05, 3.63) is 54.1 Å². The van der Waals surface area contributed by atoms with Crippen molar-refractivity contribution in [1.82, 2.24) is 24.9 Å². The predicted octanol–water partition coefficient (Wildman–Crippen LogP) is 3.59. The lowest BCUT2D eigenvalue weighted by molar-refractivity contribution is 0.589. The fourth-order valence-corrected chi connectivity index (χ4v) is 4.53. The quantitative estimate of drug-likeness (QED) is 0.529. The van der Waals surface area contributed by atoms with E-state index in [1.807, 2.05) is 23.0 Å². The van der Waals surface area contributed by atoms with Gasteiger partial charge in [0.05, 0.1) is 29.3 Å². The first-order valence-corrected chi connectivity index (χ1v) is 11.6. The topological polar surface area (TPSA) is 95.1 Å². The zero-order valence-electron chi connectivity index (χ0n) is 19.4. The number of rotatable bonds is 7. The fourth-order valence-electron chi connectivity index (χ4n) is 4.53. The van der Waals surface area contributed by atoms with Gasteiger partial charge in [0.25, 0.3) is 0 Å². The Hall–Kier alpha value is -3.85. The number of fused-ring (bicyclic) bond motifs is 1. The maximum absolute atomic E-state index is 4.83. The maximum Gasteiger partial charge on any atom is 0.246 e. The molecule has 9 nitrogen and oxygen atoms in total. The van der Waals surface area contributed by atoms with Crippen LogP contribution in [0.1, 0.15) is 30.5 Å². The molecule has 1 aliphatic heterocycles. The molecule has 3 aromatic rings. The van der Waals surface area contributed by atoms with E-state index in [1.54, 1.807) is 19.5 Å². The van der Waals surface area contributed by atoms with Crippen LogP contribution in [0.2, 0.25) is 0 Å². The van der Waals surface area contributed by atoms with Crippen LogP contribution in [0.25, 0.3) is 16.7 Å². The second kappa shape index (κ2) is 9.96. The second-order valence-electron chi connectivity index (χ2n) is 8.36. The van der Waals surface area contributed by atoms with E-state index < -0.39 is 0 Å². The third kappa shape index (κ3) is 4.47. The molecule has 4 heterocycles. The molecule has 2 N–H and O–H groups in total. The molecule has 34 heavy (non-hydrogen) atoms. The first kappa shape index (κ1) is 22.0. The van der Waals surface area contributed by atoms with Crippen LogP contribution >= 0.6 is 0 Å². The molecule has 3 aromatic heterocycles. The third-order valence-electron chi connectivity index (χ3n) is 6.14. The number of hydrogen-bond acceptors (Lipinski definition) is 8. The summed E-state index contributed by atoms with van der Waals surface area (Å²) in [6, 6.07) is 6.14. The van der Waals surface area contributed by atoms with Gasteiger partial charge in [-0.25, -0.2) is 14.5 Å². The van der Waals surface area contributed by atoms with E-state index >= 15 is 0 Å². The normalized spacial score (nSPS) is 16.9. The summed E-state index contributed by atoms with van der Waals surface area (Å²) < 4.78 is 1.96. The number of anilines is 3. The van der Waals surface area contributed by atoms with Gasteiger partial charge in [0, 0.05) is 56.8 Å². The van der Waals surface area contributed by atoms with Gasteiger partial charge in [-0.15, -0.1) is 5.10 Å². The van der Waals surface area contributed by atoms with Crippen molar-refractivity contribution in [2.45, 2.75) is 19.3 Å². The number of pyridine rings is 1. The van der Waals surface area contributed by atoms with Crippen molar-refractivity contribution in [1.29, 1.82) is 0 Å². The minimum atomic E-state index is 0.494. The smallest absolute Gasteiger partial charge is 0.246 e. The number of allylic oxidation sites excluding steroid dienone is 3. The van der Waals surface area contributed by atoms with Crippen LogP contribution in [0, 0.1) is 0 Å². The van der Waals surface area contributed by atoms with E-state index in [9.17, 15) is 0 Å². The minimum Gasteiger partial charge on any atom is -0.368 e. The number of nitrogens with zero attached hydrogens (tertiary/aromatic N) is 7. The molecule has 1 saturated heterocycles. The Bertz CT molecular complexity index is 1260. The van der Waals surface area contributed by atoms with Gasteiger partial charge < -0.3 is 15.5 Å². The molecular weight excluding hydrogens is 426 g/mol. The van der Waals surface area contributed by atoms with Crippen molar-refractivity contribution in [3.63, 3.8) is 0 Å². The van der Waals surface area contributed by atoms with Gasteiger partial charge >= 0.3 is 0 Å². The summed E-state index contributed by atoms with van der Waals surface area (Å²) >= 11 is 0. The van der Waals surface area contributed by atoms with Crippen molar-refractivity contribution in [2.24, 2.45) is 9.98 Å². The maximum atomic E-state index is 4.83. The molecule has 5 rings (SSSR count). The molecule has 0 spiro atoms. The van der Waals surface area contributed by atoms with Gasteiger partial charge in [-0.2, -0.15) is 0 Å². The van der Waals surface area contributed by atoms with Gasteiger partial charge in [0.2, 0.25) is 5.95 Å². The number of hydrogen-bond donors (Lipinski definition) is 2. The summed E-state index contributed by atoms with van der Waals surface area (Å²) in [5.74, 6) is 1.20. The van der Waals surface area contributed by atoms with E-state index in [2.05, 4.69) is 60.4 Å². The molecule has 0 bridgehead atoms.